The average Bonchev–Trinajstić information content (AvgIpc) is 3.61. The highest BCUT2D eigenvalue weighted by Crippen LogP contribution is 2.46. The number of nitrogens with zero attached hydrogens (tertiary/aromatic N) is 6. The summed E-state index contributed by atoms with van der Waals surface area (Å²) in [7, 11) is 1.15. The molecule has 228 valence electrons. The van der Waals surface area contributed by atoms with Gasteiger partial charge in [-0.25, -0.2) is 42.5 Å². The van der Waals surface area contributed by atoms with E-state index in [4.69, 9.17) is 5.48 Å². The van der Waals surface area contributed by atoms with Crippen LogP contribution in [-0.2, 0) is 22.0 Å². The molecule has 0 saturated heterocycles. The van der Waals surface area contributed by atoms with Crippen LogP contribution in [0.25, 0.3) is 22.2 Å². The Morgan fingerprint density at radius 2 is 2.00 bits per heavy atom. The summed E-state index contributed by atoms with van der Waals surface area (Å²) in [6.45, 7) is -1.34. The highest BCUT2D eigenvalue weighted by molar-refractivity contribution is 5.85. The Kier molecular flexibility index (Phi) is 5.70. The number of hydrogen-bond acceptors (Lipinski definition) is 8. The lowest BCUT2D eigenvalue weighted by Gasteiger charge is -2.42. The van der Waals surface area contributed by atoms with Crippen molar-refractivity contribution >= 4 is 45.9 Å². The second-order valence-electron chi connectivity index (χ2n) is 10.7. The molecule has 16 heteroatoms. The first-order valence-electron chi connectivity index (χ1n) is 15.3. The second kappa shape index (κ2) is 10.3. The minimum Gasteiger partial charge on any atom is -0.479 e. The molecule has 0 bridgehead atoms. The van der Waals surface area contributed by atoms with Crippen molar-refractivity contribution in [3.05, 3.63) is 40.2 Å². The van der Waals surface area contributed by atoms with Crippen LogP contribution in [0, 0.1) is 6.92 Å². The third-order valence-electron chi connectivity index (χ3n) is 8.08. The number of methoxy groups -OCH3 is 1. The van der Waals surface area contributed by atoms with Gasteiger partial charge in [0.2, 0.25) is 0 Å². The molecule has 3 N–H and O–H groups in total. The molecular formula is C27H29F3N8O5. The lowest BCUT2D eigenvalue weighted by molar-refractivity contribution is -0.156. The number of carbonyl (C=O) groups excluding carboxylic acids is 1. The number of alkyl halides is 3. The van der Waals surface area contributed by atoms with Gasteiger partial charge in [-0.3, -0.25) is 13.7 Å². The molecule has 4 aromatic heterocycles. The number of imidazole rings is 2. The van der Waals surface area contributed by atoms with Crippen LogP contribution in [0.15, 0.2) is 23.1 Å². The van der Waals surface area contributed by atoms with E-state index in [0.29, 0.717) is 10.1 Å². The molecule has 4 aromatic rings. The molecule has 2 atom stereocenters. The zero-order chi connectivity index (χ0) is 34.2. The van der Waals surface area contributed by atoms with Crippen molar-refractivity contribution in [2.75, 3.05) is 12.4 Å². The number of halogens is 3. The normalized spacial score (nSPS) is 26.9. The number of carboxylic acid groups (broad SMARTS) is 1. The van der Waals surface area contributed by atoms with Crippen molar-refractivity contribution in [1.29, 1.82) is 0 Å². The molecule has 2 aliphatic carbocycles. The minimum atomic E-state index is -3.18. The number of fused-ring (bicyclic) bond motifs is 2. The molecule has 4 heterocycles. The molecule has 1 amide bonds. The first kappa shape index (κ1) is 23.9. The Labute approximate surface area is 247 Å². The van der Waals surface area contributed by atoms with Gasteiger partial charge in [0, 0.05) is 42.1 Å². The second-order valence-corrected chi connectivity index (χ2v) is 10.7. The SMILES string of the molecule is [2H]C([2H])([2H])n1c(=O)n([C@@H]2CC[C@@]([2H])(NC(=O)OC)C2)c2cc(Nc3cc(C)c4nc(C(F)F)n(C5(C(=O)O)CC(F)C5)c4n3)ncc21. The number of pyridine rings is 2. The van der Waals surface area contributed by atoms with Gasteiger partial charge in [-0.15, -0.1) is 0 Å². The largest absolute Gasteiger partial charge is 0.479 e. The van der Waals surface area contributed by atoms with Crippen molar-refractivity contribution in [2.45, 2.75) is 69.2 Å². The van der Waals surface area contributed by atoms with Gasteiger partial charge in [-0.1, -0.05) is 0 Å². The first-order chi connectivity index (χ1) is 22.0. The summed E-state index contributed by atoms with van der Waals surface area (Å²) in [6.07, 6.45) is -5.08. The fourth-order valence-corrected chi connectivity index (χ4v) is 6.00. The molecule has 0 radical (unpaired) electrons. The number of carbonyl (C=O) groups is 2. The van der Waals surface area contributed by atoms with Crippen molar-refractivity contribution in [1.82, 2.24) is 34.0 Å². The number of rotatable bonds is 7. The molecule has 2 saturated carbocycles. The number of aromatic nitrogens is 6. The number of carboxylic acids is 1. The lowest BCUT2D eigenvalue weighted by Crippen LogP contribution is -2.54. The Balaban J connectivity index is 1.44. The number of alkyl carbamates (subject to hydrolysis) is 1. The van der Waals surface area contributed by atoms with Crippen LogP contribution in [0.5, 0.6) is 0 Å². The van der Waals surface area contributed by atoms with E-state index < -0.39 is 73.6 Å². The van der Waals surface area contributed by atoms with Crippen LogP contribution in [0.2, 0.25) is 0 Å². The maximum Gasteiger partial charge on any atom is 0.407 e. The maximum atomic E-state index is 14.1. The predicted octanol–water partition coefficient (Wildman–Crippen LogP) is 3.83. The van der Waals surface area contributed by atoms with Crippen molar-refractivity contribution in [2.24, 2.45) is 6.98 Å². The van der Waals surface area contributed by atoms with Crippen LogP contribution in [0.1, 0.15) is 61.4 Å². The van der Waals surface area contributed by atoms with Crippen LogP contribution in [0.3, 0.4) is 0 Å². The molecule has 13 nitrogen and oxygen atoms in total. The Hall–Kier alpha value is -4.63. The van der Waals surface area contributed by atoms with Crippen molar-refractivity contribution in [3.8, 4) is 0 Å². The summed E-state index contributed by atoms with van der Waals surface area (Å²) in [6, 6.07) is 0.675. The monoisotopic (exact) mass is 606 g/mol. The number of aliphatic carboxylic acids is 1. The topological polar surface area (TPSA) is 158 Å². The number of amides is 1. The third-order valence-corrected chi connectivity index (χ3v) is 8.08. The number of ether oxygens (including phenoxy) is 1. The third kappa shape index (κ3) is 4.55. The van der Waals surface area contributed by atoms with Gasteiger partial charge in [0.05, 0.1) is 25.7 Å². The van der Waals surface area contributed by atoms with Gasteiger partial charge in [-0.2, -0.15) is 0 Å². The van der Waals surface area contributed by atoms with E-state index in [0.717, 1.165) is 17.9 Å². The maximum absolute atomic E-state index is 14.1. The summed E-state index contributed by atoms with van der Waals surface area (Å²) in [5.74, 6) is -2.28. The van der Waals surface area contributed by atoms with Gasteiger partial charge >= 0.3 is 17.8 Å². The molecule has 0 spiro atoms. The highest BCUT2D eigenvalue weighted by Gasteiger charge is 2.55. The number of aryl methyl sites for hydroxylation is 2. The number of hydrogen-bond donors (Lipinski definition) is 3. The molecule has 2 fully saturated rings. The lowest BCUT2D eigenvalue weighted by atomic mass is 9.74. The molecule has 0 aromatic carbocycles. The van der Waals surface area contributed by atoms with Crippen molar-refractivity contribution < 1.29 is 38.1 Å². The van der Waals surface area contributed by atoms with E-state index >= 15 is 0 Å². The van der Waals surface area contributed by atoms with Crippen molar-refractivity contribution in [3.63, 3.8) is 0 Å². The van der Waals surface area contributed by atoms with Gasteiger partial charge in [0.25, 0.3) is 6.43 Å². The average molecular weight is 607 g/mol. The summed E-state index contributed by atoms with van der Waals surface area (Å²) < 4.78 is 82.0. The standard InChI is InChI=1S/C27H29F3N8O5/c1-12-6-19(34-22-20(12)35-23(21(29)30)38(22)27(24(39)40)9-13(28)10-27)33-18-8-16-17(11-31-18)36(2)26(42)37(16)15-5-4-14(7-15)32-25(41)43-3/h6,8,11,13-15,21H,4-5,7,9-10H2,1-3H3,(H,32,41)(H,39,40)(H,31,33,34)/t13?,14-,15-,27?/m1/s1/i2D3,14D. The van der Waals surface area contributed by atoms with Crippen LogP contribution >= 0.6 is 0 Å². The Bertz CT molecular complexity index is 1990. The fourth-order valence-electron chi connectivity index (χ4n) is 6.00. The minimum absolute atomic E-state index is 0.00135. The summed E-state index contributed by atoms with van der Waals surface area (Å²) >= 11 is 0. The summed E-state index contributed by atoms with van der Waals surface area (Å²) in [5, 5.41) is 15.3. The van der Waals surface area contributed by atoms with E-state index in [2.05, 4.69) is 30.3 Å². The summed E-state index contributed by atoms with van der Waals surface area (Å²) in [4.78, 5) is 50.2. The van der Waals surface area contributed by atoms with E-state index in [-0.39, 0.29) is 53.1 Å². The van der Waals surface area contributed by atoms with Gasteiger partial charge in [0.1, 0.15) is 23.3 Å². The molecule has 43 heavy (non-hydrogen) atoms. The Morgan fingerprint density at radius 1 is 1.23 bits per heavy atom. The van der Waals surface area contributed by atoms with E-state index in [1.54, 1.807) is 6.92 Å². The molecule has 6 rings (SSSR count). The zero-order valence-electron chi connectivity index (χ0n) is 26.9. The van der Waals surface area contributed by atoms with Gasteiger partial charge < -0.3 is 20.5 Å². The predicted molar refractivity (Wildman–Crippen MR) is 147 cm³/mol. The molecular weight excluding hydrogens is 573 g/mol. The Morgan fingerprint density at radius 3 is 2.65 bits per heavy atom. The molecule has 0 unspecified atom stereocenters. The molecule has 0 aliphatic heterocycles. The van der Waals surface area contributed by atoms with E-state index in [1.165, 1.54) is 16.7 Å². The molecule has 2 aliphatic rings. The van der Waals surface area contributed by atoms with Gasteiger partial charge in [0.15, 0.2) is 17.0 Å². The number of nitrogens with one attached hydrogen (secondary N) is 2. The zero-order valence-corrected chi connectivity index (χ0v) is 22.9. The fraction of sp³-hybridized carbons (Fsp3) is 0.481. The van der Waals surface area contributed by atoms with Crippen LogP contribution < -0.4 is 16.3 Å². The first-order valence-corrected chi connectivity index (χ1v) is 13.3. The van der Waals surface area contributed by atoms with E-state index in [1.807, 2.05) is 0 Å². The van der Waals surface area contributed by atoms with E-state index in [9.17, 15) is 32.7 Å². The van der Waals surface area contributed by atoms with Crippen LogP contribution in [0.4, 0.5) is 29.6 Å². The quantitative estimate of drug-likeness (QED) is 0.284. The smallest absolute Gasteiger partial charge is 0.407 e. The number of anilines is 2. The highest BCUT2D eigenvalue weighted by atomic mass is 19.3. The van der Waals surface area contributed by atoms with Crippen LogP contribution in [-0.4, -0.2) is 65.1 Å². The summed E-state index contributed by atoms with van der Waals surface area (Å²) in [5.41, 5.74) is -2.64. The van der Waals surface area contributed by atoms with Gasteiger partial charge in [-0.05, 0) is 37.8 Å².